The van der Waals surface area contributed by atoms with Crippen molar-refractivity contribution in [2.75, 3.05) is 11.9 Å². The number of hydrogen-bond acceptors (Lipinski definition) is 3. The predicted molar refractivity (Wildman–Crippen MR) is 118 cm³/mol. The van der Waals surface area contributed by atoms with Gasteiger partial charge in [0.2, 0.25) is 5.78 Å². The van der Waals surface area contributed by atoms with Gasteiger partial charge in [0.25, 0.3) is 5.91 Å². The maximum absolute atomic E-state index is 13.8. The SMILES string of the molecule is CN1C(=O)C(=Cc2ccc(Cl)c(F)c2)C(=O)c2cc(C#CCc3cccnc3)ccc21. The van der Waals surface area contributed by atoms with Crippen LogP contribution in [0.1, 0.15) is 27.0 Å². The quantitative estimate of drug-likeness (QED) is 0.336. The Labute approximate surface area is 184 Å². The normalized spacial score (nSPS) is 14.3. The zero-order valence-corrected chi connectivity index (χ0v) is 17.3. The van der Waals surface area contributed by atoms with Gasteiger partial charge in [0.15, 0.2) is 0 Å². The van der Waals surface area contributed by atoms with E-state index in [0.717, 1.165) is 5.56 Å². The third-order valence-corrected chi connectivity index (χ3v) is 5.19. The summed E-state index contributed by atoms with van der Waals surface area (Å²) in [6, 6.07) is 13.1. The van der Waals surface area contributed by atoms with Crippen molar-refractivity contribution in [3.8, 4) is 11.8 Å². The van der Waals surface area contributed by atoms with Crippen LogP contribution in [0.25, 0.3) is 6.08 Å². The van der Waals surface area contributed by atoms with E-state index < -0.39 is 17.5 Å². The molecule has 31 heavy (non-hydrogen) atoms. The lowest BCUT2D eigenvalue weighted by molar-refractivity contribution is -0.114. The van der Waals surface area contributed by atoms with Gasteiger partial charge < -0.3 is 4.90 Å². The molecule has 4 nitrogen and oxygen atoms in total. The molecule has 0 N–H and O–H groups in total. The number of likely N-dealkylation sites (N-methyl/N-ethyl adjacent to an activating group) is 1. The third-order valence-electron chi connectivity index (χ3n) is 4.88. The molecule has 6 heteroatoms. The van der Waals surface area contributed by atoms with Crippen molar-refractivity contribution in [1.82, 2.24) is 4.98 Å². The first-order chi connectivity index (χ1) is 14.9. The average Bonchev–Trinajstić information content (AvgIpc) is 2.78. The number of pyridine rings is 1. The van der Waals surface area contributed by atoms with Gasteiger partial charge in [-0.25, -0.2) is 4.39 Å². The molecule has 1 amide bonds. The number of halogens is 2. The third kappa shape index (κ3) is 4.25. The Kier molecular flexibility index (Phi) is 5.66. The van der Waals surface area contributed by atoms with Crippen LogP contribution < -0.4 is 4.90 Å². The number of hydrogen-bond donors (Lipinski definition) is 0. The van der Waals surface area contributed by atoms with Crippen LogP contribution in [0.15, 0.2) is 66.5 Å². The van der Waals surface area contributed by atoms with E-state index in [0.29, 0.717) is 28.8 Å². The first-order valence-corrected chi connectivity index (χ1v) is 9.83. The Morgan fingerprint density at radius 1 is 1.16 bits per heavy atom. The van der Waals surface area contributed by atoms with Gasteiger partial charge in [0, 0.05) is 37.0 Å². The van der Waals surface area contributed by atoms with Crippen molar-refractivity contribution in [3.05, 3.63) is 99.6 Å². The van der Waals surface area contributed by atoms with Gasteiger partial charge >= 0.3 is 0 Å². The highest BCUT2D eigenvalue weighted by Crippen LogP contribution is 2.31. The summed E-state index contributed by atoms with van der Waals surface area (Å²) in [6.07, 6.45) is 5.37. The molecule has 0 fully saturated rings. The monoisotopic (exact) mass is 430 g/mol. The lowest BCUT2D eigenvalue weighted by Gasteiger charge is -2.26. The summed E-state index contributed by atoms with van der Waals surface area (Å²) in [5.74, 6) is 4.62. The van der Waals surface area contributed by atoms with E-state index in [1.807, 2.05) is 12.1 Å². The zero-order chi connectivity index (χ0) is 22.0. The fraction of sp³-hybridized carbons (Fsp3) is 0.0800. The largest absolute Gasteiger partial charge is 0.311 e. The molecule has 2 aromatic carbocycles. The maximum Gasteiger partial charge on any atom is 0.262 e. The molecule has 0 bridgehead atoms. The zero-order valence-electron chi connectivity index (χ0n) is 16.5. The van der Waals surface area contributed by atoms with E-state index in [1.165, 1.54) is 23.1 Å². The number of nitrogens with zero attached hydrogens (tertiary/aromatic N) is 2. The number of carbonyl (C=O) groups is 2. The number of Topliss-reactive ketones (excluding diaryl/α,β-unsaturated/α-hetero) is 1. The molecule has 0 saturated heterocycles. The van der Waals surface area contributed by atoms with E-state index in [2.05, 4.69) is 16.8 Å². The van der Waals surface area contributed by atoms with Crippen LogP contribution in [-0.2, 0) is 11.2 Å². The molecule has 0 atom stereocenters. The van der Waals surface area contributed by atoms with E-state index in [1.54, 1.807) is 43.7 Å². The highest BCUT2D eigenvalue weighted by Gasteiger charge is 2.32. The Bertz CT molecular complexity index is 1290. The predicted octanol–water partition coefficient (Wildman–Crippen LogP) is 4.71. The number of rotatable bonds is 2. The lowest BCUT2D eigenvalue weighted by atomic mass is 9.92. The molecular weight excluding hydrogens is 415 g/mol. The fourth-order valence-corrected chi connectivity index (χ4v) is 3.39. The van der Waals surface area contributed by atoms with Crippen LogP contribution in [0.5, 0.6) is 0 Å². The fourth-order valence-electron chi connectivity index (χ4n) is 3.27. The molecule has 3 aromatic rings. The summed E-state index contributed by atoms with van der Waals surface area (Å²) >= 11 is 5.71. The molecule has 1 aliphatic rings. The first kappa shape index (κ1) is 20.5. The van der Waals surface area contributed by atoms with Crippen LogP contribution in [0.2, 0.25) is 5.02 Å². The molecule has 0 radical (unpaired) electrons. The van der Waals surface area contributed by atoms with Crippen LogP contribution in [0.3, 0.4) is 0 Å². The molecule has 0 unspecified atom stereocenters. The van der Waals surface area contributed by atoms with Gasteiger partial charge in [-0.1, -0.05) is 35.6 Å². The van der Waals surface area contributed by atoms with Crippen LogP contribution >= 0.6 is 11.6 Å². The summed E-state index contributed by atoms with van der Waals surface area (Å²) in [6.45, 7) is 0. The molecule has 152 valence electrons. The highest BCUT2D eigenvalue weighted by atomic mass is 35.5. The van der Waals surface area contributed by atoms with Crippen molar-refractivity contribution >= 4 is 35.1 Å². The van der Waals surface area contributed by atoms with Gasteiger partial charge in [0.1, 0.15) is 5.82 Å². The Morgan fingerprint density at radius 3 is 2.74 bits per heavy atom. The molecular formula is C25H16ClFN2O2. The molecule has 4 rings (SSSR count). The van der Waals surface area contributed by atoms with Gasteiger partial charge in [-0.05, 0) is 53.6 Å². The lowest BCUT2D eigenvalue weighted by Crippen LogP contribution is -2.36. The van der Waals surface area contributed by atoms with Gasteiger partial charge in [-0.3, -0.25) is 14.6 Å². The van der Waals surface area contributed by atoms with Crippen molar-refractivity contribution in [2.24, 2.45) is 0 Å². The van der Waals surface area contributed by atoms with Crippen LogP contribution in [-0.4, -0.2) is 23.7 Å². The minimum absolute atomic E-state index is 0.0274. The Hall–Kier alpha value is -3.75. The Morgan fingerprint density at radius 2 is 2.00 bits per heavy atom. The van der Waals surface area contributed by atoms with E-state index >= 15 is 0 Å². The van der Waals surface area contributed by atoms with Crippen molar-refractivity contribution in [1.29, 1.82) is 0 Å². The maximum atomic E-state index is 13.8. The smallest absolute Gasteiger partial charge is 0.262 e. The minimum Gasteiger partial charge on any atom is -0.311 e. The topological polar surface area (TPSA) is 50.3 Å². The second-order valence-electron chi connectivity index (χ2n) is 7.00. The van der Waals surface area contributed by atoms with Crippen molar-refractivity contribution < 1.29 is 14.0 Å². The number of amides is 1. The average molecular weight is 431 g/mol. The molecule has 0 spiro atoms. The summed E-state index contributed by atoms with van der Waals surface area (Å²) in [4.78, 5) is 31.3. The summed E-state index contributed by atoms with van der Waals surface area (Å²) in [5.41, 5.74) is 2.87. The highest BCUT2D eigenvalue weighted by molar-refractivity contribution is 6.36. The molecule has 0 aliphatic carbocycles. The molecule has 1 aliphatic heterocycles. The number of aromatic nitrogens is 1. The van der Waals surface area contributed by atoms with Gasteiger partial charge in [0.05, 0.1) is 16.3 Å². The van der Waals surface area contributed by atoms with Gasteiger partial charge in [-0.15, -0.1) is 0 Å². The summed E-state index contributed by atoms with van der Waals surface area (Å²) in [5, 5.41) is -0.0274. The molecule has 1 aromatic heterocycles. The number of fused-ring (bicyclic) bond motifs is 1. The summed E-state index contributed by atoms with van der Waals surface area (Å²) < 4.78 is 13.8. The molecule has 0 saturated carbocycles. The Balaban J connectivity index is 1.67. The van der Waals surface area contributed by atoms with E-state index in [-0.39, 0.29) is 10.6 Å². The number of benzene rings is 2. The molecule has 2 heterocycles. The van der Waals surface area contributed by atoms with Crippen molar-refractivity contribution in [3.63, 3.8) is 0 Å². The number of ketones is 1. The second kappa shape index (κ2) is 8.55. The minimum atomic E-state index is -0.619. The van der Waals surface area contributed by atoms with Crippen LogP contribution in [0, 0.1) is 17.7 Å². The van der Waals surface area contributed by atoms with E-state index in [4.69, 9.17) is 11.6 Å². The second-order valence-corrected chi connectivity index (χ2v) is 7.40. The van der Waals surface area contributed by atoms with Gasteiger partial charge in [-0.2, -0.15) is 0 Å². The standard InChI is InChI=1S/C25H16ClFN2O2/c1-29-23-10-8-16(4-2-5-17-6-3-11-28-15-17)12-19(23)24(30)20(25(29)31)13-18-7-9-21(26)22(27)14-18/h3,6-15H,5H2,1H3. The summed E-state index contributed by atoms with van der Waals surface area (Å²) in [7, 11) is 1.59. The van der Waals surface area contributed by atoms with Crippen molar-refractivity contribution in [2.45, 2.75) is 6.42 Å². The number of anilines is 1. The van der Waals surface area contributed by atoms with E-state index in [9.17, 15) is 14.0 Å². The first-order valence-electron chi connectivity index (χ1n) is 9.45. The number of carbonyl (C=O) groups excluding carboxylic acids is 2. The van der Waals surface area contributed by atoms with Crippen LogP contribution in [0.4, 0.5) is 10.1 Å².